The Morgan fingerprint density at radius 2 is 1.76 bits per heavy atom. The summed E-state index contributed by atoms with van der Waals surface area (Å²) in [5.74, 6) is 0. The molecule has 1 aromatic carbocycles. The third-order valence-corrected chi connectivity index (χ3v) is 3.16. The fraction of sp³-hybridized carbons (Fsp3) is 0.417. The molecule has 0 atom stereocenters. The van der Waals surface area contributed by atoms with Crippen molar-refractivity contribution in [2.24, 2.45) is 0 Å². The molecule has 1 aromatic rings. The van der Waals surface area contributed by atoms with Crippen molar-refractivity contribution >= 4 is 23.4 Å². The van der Waals surface area contributed by atoms with Crippen LogP contribution in [0.3, 0.4) is 0 Å². The van der Waals surface area contributed by atoms with E-state index in [1.807, 2.05) is 24.3 Å². The Hall–Kier alpha value is -1.42. The van der Waals surface area contributed by atoms with Crippen LogP contribution in [0.2, 0.25) is 5.02 Å². The van der Waals surface area contributed by atoms with Crippen LogP contribution in [0.4, 0.5) is 10.5 Å². The smallest absolute Gasteiger partial charge is 0.409 e. The largest absolute Gasteiger partial charge is 0.453 e. The van der Waals surface area contributed by atoms with Crippen molar-refractivity contribution < 1.29 is 9.53 Å². The summed E-state index contributed by atoms with van der Waals surface area (Å²) in [5, 5.41) is 0.738. The van der Waals surface area contributed by atoms with Gasteiger partial charge < -0.3 is 14.5 Å². The summed E-state index contributed by atoms with van der Waals surface area (Å²) >= 11 is 5.85. The Morgan fingerprint density at radius 1 is 1.18 bits per heavy atom. The van der Waals surface area contributed by atoms with Gasteiger partial charge in [0.2, 0.25) is 0 Å². The van der Waals surface area contributed by atoms with Crippen LogP contribution in [-0.4, -0.2) is 44.3 Å². The van der Waals surface area contributed by atoms with Gasteiger partial charge in [0, 0.05) is 36.9 Å². The SMILES string of the molecule is COC(=O)N1CCN(c2ccc(Cl)cc2)CC1. The third-order valence-electron chi connectivity index (χ3n) is 2.90. The maximum atomic E-state index is 11.3. The topological polar surface area (TPSA) is 32.8 Å². The minimum atomic E-state index is -0.249. The maximum Gasteiger partial charge on any atom is 0.409 e. The van der Waals surface area contributed by atoms with Crippen LogP contribution in [0.15, 0.2) is 24.3 Å². The van der Waals surface area contributed by atoms with Crippen LogP contribution in [-0.2, 0) is 4.74 Å². The van der Waals surface area contributed by atoms with Gasteiger partial charge in [0.05, 0.1) is 7.11 Å². The second kappa shape index (κ2) is 5.27. The summed E-state index contributed by atoms with van der Waals surface area (Å²) < 4.78 is 4.70. The van der Waals surface area contributed by atoms with E-state index in [1.165, 1.54) is 7.11 Å². The number of nitrogens with zero attached hydrogens (tertiary/aromatic N) is 2. The monoisotopic (exact) mass is 254 g/mol. The van der Waals surface area contributed by atoms with Crippen LogP contribution in [0, 0.1) is 0 Å². The number of carbonyl (C=O) groups excluding carboxylic acids is 1. The average Bonchev–Trinajstić information content (AvgIpc) is 2.39. The zero-order valence-corrected chi connectivity index (χ0v) is 10.5. The molecule has 0 spiro atoms. The molecule has 0 aliphatic carbocycles. The summed E-state index contributed by atoms with van der Waals surface area (Å²) in [6, 6.07) is 7.75. The van der Waals surface area contributed by atoms with Crippen molar-refractivity contribution in [3.63, 3.8) is 0 Å². The molecule has 1 aliphatic rings. The molecule has 5 heteroatoms. The Balaban J connectivity index is 1.95. The van der Waals surface area contributed by atoms with Gasteiger partial charge in [-0.1, -0.05) is 11.6 Å². The molecule has 0 N–H and O–H groups in total. The lowest BCUT2D eigenvalue weighted by Crippen LogP contribution is -2.48. The lowest BCUT2D eigenvalue weighted by molar-refractivity contribution is 0.121. The van der Waals surface area contributed by atoms with Crippen molar-refractivity contribution in [2.45, 2.75) is 0 Å². The molecule has 0 radical (unpaired) electrons. The number of carbonyl (C=O) groups is 1. The minimum Gasteiger partial charge on any atom is -0.453 e. The Bertz CT molecular complexity index is 386. The predicted molar refractivity (Wildman–Crippen MR) is 67.6 cm³/mol. The molecule has 0 aromatic heterocycles. The van der Waals surface area contributed by atoms with Crippen molar-refractivity contribution in [1.29, 1.82) is 0 Å². The molecule has 1 fully saturated rings. The van der Waals surface area contributed by atoms with Crippen molar-refractivity contribution in [1.82, 2.24) is 4.90 Å². The highest BCUT2D eigenvalue weighted by Gasteiger charge is 2.21. The number of amides is 1. The van der Waals surface area contributed by atoms with E-state index in [4.69, 9.17) is 16.3 Å². The highest BCUT2D eigenvalue weighted by molar-refractivity contribution is 6.30. The highest BCUT2D eigenvalue weighted by atomic mass is 35.5. The first-order valence-corrected chi connectivity index (χ1v) is 5.92. The number of rotatable bonds is 1. The van der Waals surface area contributed by atoms with Crippen molar-refractivity contribution in [3.8, 4) is 0 Å². The van der Waals surface area contributed by atoms with E-state index in [-0.39, 0.29) is 6.09 Å². The van der Waals surface area contributed by atoms with E-state index in [1.54, 1.807) is 4.90 Å². The number of benzene rings is 1. The second-order valence-corrected chi connectivity index (χ2v) is 4.36. The number of anilines is 1. The molecule has 0 bridgehead atoms. The molecule has 1 amide bonds. The lowest BCUT2D eigenvalue weighted by Gasteiger charge is -2.35. The summed E-state index contributed by atoms with van der Waals surface area (Å²) in [7, 11) is 1.41. The zero-order valence-electron chi connectivity index (χ0n) is 9.73. The molecule has 92 valence electrons. The molecule has 17 heavy (non-hydrogen) atoms. The molecular weight excluding hydrogens is 240 g/mol. The molecule has 1 heterocycles. The molecule has 1 saturated heterocycles. The van der Waals surface area contributed by atoms with Gasteiger partial charge in [0.15, 0.2) is 0 Å². The molecule has 1 aliphatic heterocycles. The van der Waals surface area contributed by atoms with E-state index >= 15 is 0 Å². The third kappa shape index (κ3) is 2.82. The number of hydrogen-bond acceptors (Lipinski definition) is 3. The summed E-state index contributed by atoms with van der Waals surface area (Å²) in [6.45, 7) is 3.01. The van der Waals surface area contributed by atoms with Crippen LogP contribution < -0.4 is 4.90 Å². The zero-order chi connectivity index (χ0) is 12.3. The van der Waals surface area contributed by atoms with Gasteiger partial charge >= 0.3 is 6.09 Å². The fourth-order valence-electron chi connectivity index (χ4n) is 1.93. The summed E-state index contributed by atoms with van der Waals surface area (Å²) in [6.07, 6.45) is -0.249. The number of halogens is 1. The van der Waals surface area contributed by atoms with Crippen LogP contribution in [0.5, 0.6) is 0 Å². The van der Waals surface area contributed by atoms with Gasteiger partial charge in [-0.25, -0.2) is 4.79 Å². The van der Waals surface area contributed by atoms with Gasteiger partial charge in [0.25, 0.3) is 0 Å². The number of methoxy groups -OCH3 is 1. The molecule has 4 nitrogen and oxygen atoms in total. The van der Waals surface area contributed by atoms with Gasteiger partial charge in [-0.3, -0.25) is 0 Å². The van der Waals surface area contributed by atoms with Crippen LogP contribution >= 0.6 is 11.6 Å². The number of hydrogen-bond donors (Lipinski definition) is 0. The molecule has 2 rings (SSSR count). The van der Waals surface area contributed by atoms with Gasteiger partial charge in [-0.15, -0.1) is 0 Å². The van der Waals surface area contributed by atoms with E-state index in [0.717, 1.165) is 23.8 Å². The minimum absolute atomic E-state index is 0.249. The Morgan fingerprint density at radius 3 is 2.29 bits per heavy atom. The Labute approximate surface area is 106 Å². The quantitative estimate of drug-likeness (QED) is 0.771. The molecular formula is C12H15ClN2O2. The normalized spacial score (nSPS) is 15.9. The van der Waals surface area contributed by atoms with Gasteiger partial charge in [-0.2, -0.15) is 0 Å². The van der Waals surface area contributed by atoms with Crippen LogP contribution in [0.1, 0.15) is 0 Å². The number of piperazine rings is 1. The van der Waals surface area contributed by atoms with Gasteiger partial charge in [0.1, 0.15) is 0 Å². The Kier molecular flexibility index (Phi) is 3.74. The first-order valence-electron chi connectivity index (χ1n) is 5.54. The van der Waals surface area contributed by atoms with Crippen molar-refractivity contribution in [2.75, 3.05) is 38.2 Å². The van der Waals surface area contributed by atoms with E-state index in [9.17, 15) is 4.79 Å². The van der Waals surface area contributed by atoms with Crippen molar-refractivity contribution in [3.05, 3.63) is 29.3 Å². The lowest BCUT2D eigenvalue weighted by atomic mass is 10.2. The highest BCUT2D eigenvalue weighted by Crippen LogP contribution is 2.19. The summed E-state index contributed by atoms with van der Waals surface area (Å²) in [5.41, 5.74) is 1.14. The standard InChI is InChI=1S/C12H15ClN2O2/c1-17-12(16)15-8-6-14(7-9-15)11-4-2-10(13)3-5-11/h2-5H,6-9H2,1H3. The number of ether oxygens (including phenoxy) is 1. The predicted octanol–water partition coefficient (Wildman–Crippen LogP) is 2.23. The van der Waals surface area contributed by atoms with Gasteiger partial charge in [-0.05, 0) is 24.3 Å². The maximum absolute atomic E-state index is 11.3. The first-order chi connectivity index (χ1) is 8.20. The fourth-order valence-corrected chi connectivity index (χ4v) is 2.05. The van der Waals surface area contributed by atoms with E-state index < -0.39 is 0 Å². The first kappa shape index (κ1) is 12.0. The van der Waals surface area contributed by atoms with E-state index in [2.05, 4.69) is 4.90 Å². The summed E-state index contributed by atoms with van der Waals surface area (Å²) in [4.78, 5) is 15.3. The average molecular weight is 255 g/mol. The van der Waals surface area contributed by atoms with Crippen LogP contribution in [0.25, 0.3) is 0 Å². The molecule has 0 unspecified atom stereocenters. The van der Waals surface area contributed by atoms with E-state index in [0.29, 0.717) is 13.1 Å². The second-order valence-electron chi connectivity index (χ2n) is 3.92. The molecule has 0 saturated carbocycles.